The average Bonchev–Trinajstić information content (AvgIpc) is 1.78. The molecule has 0 saturated carbocycles. The third kappa shape index (κ3) is 3.75. The van der Waals surface area contributed by atoms with Gasteiger partial charge < -0.3 is 24.9 Å². The first-order valence-corrected chi connectivity index (χ1v) is 6.43. The first kappa shape index (κ1) is 13.6. The minimum absolute atomic E-state index is 0.0185. The van der Waals surface area contributed by atoms with Gasteiger partial charge in [-0.1, -0.05) is 0 Å². The Bertz CT molecular complexity index is 282. The SMILES string of the molecule is CCNC(=O)N(P(=O)(O)O)P(=O)(O)O. The topological polar surface area (TPSA) is 147 Å². The van der Waals surface area contributed by atoms with Crippen molar-refractivity contribution in [2.45, 2.75) is 6.92 Å². The highest BCUT2D eigenvalue weighted by atomic mass is 31.3. The standard InChI is InChI=1S/C3H10N2O7P2/c1-2-4-3(6)5(13(7,8)9)14(10,11)12/h2H2,1H3,(H,4,6)(H2,7,8,9)(H2,10,11,12). The van der Waals surface area contributed by atoms with E-state index in [4.69, 9.17) is 19.6 Å². The molecule has 0 spiro atoms. The molecule has 0 aromatic carbocycles. The number of nitrogens with one attached hydrogen (secondary N) is 1. The molecule has 5 N–H and O–H groups in total. The van der Waals surface area contributed by atoms with E-state index < -0.39 is 26.0 Å². The van der Waals surface area contributed by atoms with Crippen LogP contribution in [-0.2, 0) is 9.13 Å². The predicted octanol–water partition coefficient (Wildman–Crippen LogP) is -0.797. The van der Waals surface area contributed by atoms with Crippen LogP contribution in [0.25, 0.3) is 0 Å². The number of hydrogen-bond donors (Lipinski definition) is 5. The van der Waals surface area contributed by atoms with E-state index in [1.807, 2.05) is 5.32 Å². The van der Waals surface area contributed by atoms with Crippen molar-refractivity contribution in [3.8, 4) is 0 Å². The van der Waals surface area contributed by atoms with Gasteiger partial charge in [0.1, 0.15) is 0 Å². The summed E-state index contributed by atoms with van der Waals surface area (Å²) in [5, 5.41) is 1.86. The lowest BCUT2D eigenvalue weighted by Gasteiger charge is -2.23. The average molecular weight is 248 g/mol. The Labute approximate surface area is 79.2 Å². The van der Waals surface area contributed by atoms with Gasteiger partial charge in [0.15, 0.2) is 0 Å². The lowest BCUT2D eigenvalue weighted by atomic mass is 10.7. The summed E-state index contributed by atoms with van der Waals surface area (Å²) < 4.78 is 20.3. The third-order valence-corrected chi connectivity index (χ3v) is 3.75. The zero-order chi connectivity index (χ0) is 11.6. The molecule has 0 bridgehead atoms. The fourth-order valence-electron chi connectivity index (χ4n) is 0.610. The first-order valence-electron chi connectivity index (χ1n) is 3.30. The number of urea groups is 1. The largest absolute Gasteiger partial charge is 0.442 e. The van der Waals surface area contributed by atoms with Gasteiger partial charge in [0.05, 0.1) is 0 Å². The second-order valence-corrected chi connectivity index (χ2v) is 5.32. The minimum atomic E-state index is -5.33. The van der Waals surface area contributed by atoms with Crippen molar-refractivity contribution in [1.29, 1.82) is 0 Å². The highest BCUT2D eigenvalue weighted by molar-refractivity contribution is 7.66. The zero-order valence-electron chi connectivity index (χ0n) is 7.06. The summed E-state index contributed by atoms with van der Waals surface area (Å²) in [7, 11) is -10.7. The van der Waals surface area contributed by atoms with Crippen molar-refractivity contribution in [3.63, 3.8) is 0 Å². The molecule has 0 unspecified atom stereocenters. The van der Waals surface area contributed by atoms with Crippen LogP contribution < -0.4 is 5.32 Å². The molecule has 14 heavy (non-hydrogen) atoms. The molecule has 0 aliphatic carbocycles. The van der Waals surface area contributed by atoms with Crippen LogP contribution in [0.5, 0.6) is 0 Å². The van der Waals surface area contributed by atoms with E-state index in [1.54, 1.807) is 0 Å². The molecule has 0 rings (SSSR count). The van der Waals surface area contributed by atoms with Gasteiger partial charge in [0.25, 0.3) is 0 Å². The van der Waals surface area contributed by atoms with Crippen LogP contribution in [0, 0.1) is 0 Å². The summed E-state index contributed by atoms with van der Waals surface area (Å²) >= 11 is 0. The van der Waals surface area contributed by atoms with Crippen LogP contribution in [0.15, 0.2) is 0 Å². The Balaban J connectivity index is 5.05. The quantitative estimate of drug-likeness (QED) is 0.410. The molecule has 0 aromatic rings. The number of amides is 2. The minimum Gasteiger partial charge on any atom is -0.337 e. The summed E-state index contributed by atoms with van der Waals surface area (Å²) in [6, 6.07) is -1.52. The normalized spacial score (nSPS) is 12.4. The van der Waals surface area contributed by atoms with E-state index in [0.29, 0.717) is 0 Å². The second kappa shape index (κ2) is 4.39. The maximum Gasteiger partial charge on any atom is 0.442 e. The lowest BCUT2D eigenvalue weighted by molar-refractivity contribution is 0.216. The van der Waals surface area contributed by atoms with Gasteiger partial charge in [0.2, 0.25) is 0 Å². The fourth-order valence-corrected chi connectivity index (χ4v) is 2.44. The summed E-state index contributed by atoms with van der Waals surface area (Å²) in [4.78, 5) is 44.8. The molecule has 0 fully saturated rings. The van der Waals surface area contributed by atoms with Crippen LogP contribution >= 0.6 is 15.5 Å². The van der Waals surface area contributed by atoms with E-state index in [9.17, 15) is 13.9 Å². The van der Waals surface area contributed by atoms with Crippen LogP contribution in [-0.4, -0.2) is 36.6 Å². The summed E-state index contributed by atoms with van der Waals surface area (Å²) in [6.45, 7) is 1.41. The molecule has 11 heteroatoms. The Hall–Kier alpha value is -0.430. The predicted molar refractivity (Wildman–Crippen MR) is 45.0 cm³/mol. The maximum absolute atomic E-state index is 10.9. The zero-order valence-corrected chi connectivity index (χ0v) is 8.85. The van der Waals surface area contributed by atoms with E-state index in [0.717, 1.165) is 0 Å². The summed E-state index contributed by atoms with van der Waals surface area (Å²) in [6.07, 6.45) is 0. The van der Waals surface area contributed by atoms with Crippen LogP contribution in [0.1, 0.15) is 6.92 Å². The number of nitrogens with zero attached hydrogens (tertiary/aromatic N) is 1. The van der Waals surface area contributed by atoms with Crippen molar-refractivity contribution in [2.75, 3.05) is 6.54 Å². The first-order chi connectivity index (χ1) is 6.10. The van der Waals surface area contributed by atoms with Crippen LogP contribution in [0.3, 0.4) is 0 Å². The Kier molecular flexibility index (Phi) is 4.26. The monoisotopic (exact) mass is 248 g/mol. The smallest absolute Gasteiger partial charge is 0.337 e. The molecular weight excluding hydrogens is 238 g/mol. The van der Waals surface area contributed by atoms with Crippen molar-refractivity contribution in [3.05, 3.63) is 0 Å². The van der Waals surface area contributed by atoms with Crippen LogP contribution in [0.2, 0.25) is 0 Å². The van der Waals surface area contributed by atoms with Crippen molar-refractivity contribution in [2.24, 2.45) is 0 Å². The van der Waals surface area contributed by atoms with Gasteiger partial charge in [-0.15, -0.1) is 4.44 Å². The number of hydrogen-bond acceptors (Lipinski definition) is 3. The molecule has 0 aliphatic heterocycles. The summed E-state index contributed by atoms with van der Waals surface area (Å²) in [5.41, 5.74) is 0. The Morgan fingerprint density at radius 2 is 1.57 bits per heavy atom. The van der Waals surface area contributed by atoms with E-state index in [1.165, 1.54) is 6.92 Å². The lowest BCUT2D eigenvalue weighted by Crippen LogP contribution is -2.35. The van der Waals surface area contributed by atoms with Crippen molar-refractivity contribution >= 4 is 21.5 Å². The van der Waals surface area contributed by atoms with Crippen molar-refractivity contribution < 1.29 is 33.5 Å². The van der Waals surface area contributed by atoms with Gasteiger partial charge in [-0.3, -0.25) is 0 Å². The molecule has 2 amide bonds. The molecule has 0 saturated heterocycles. The van der Waals surface area contributed by atoms with Crippen molar-refractivity contribution in [1.82, 2.24) is 9.76 Å². The van der Waals surface area contributed by atoms with Gasteiger partial charge >= 0.3 is 21.5 Å². The Morgan fingerprint density at radius 1 is 1.21 bits per heavy atom. The molecule has 9 nitrogen and oxygen atoms in total. The number of rotatable bonds is 3. The van der Waals surface area contributed by atoms with Gasteiger partial charge in [0, 0.05) is 6.54 Å². The molecule has 0 radical (unpaired) electrons. The second-order valence-electron chi connectivity index (χ2n) is 2.15. The molecule has 84 valence electrons. The van der Waals surface area contributed by atoms with Gasteiger partial charge in [-0.05, 0) is 6.92 Å². The summed E-state index contributed by atoms with van der Waals surface area (Å²) in [5.74, 6) is 0. The Morgan fingerprint density at radius 3 is 1.79 bits per heavy atom. The van der Waals surface area contributed by atoms with Gasteiger partial charge in [-0.25, -0.2) is 13.9 Å². The molecule has 0 aromatic heterocycles. The van der Waals surface area contributed by atoms with E-state index >= 15 is 0 Å². The highest BCUT2D eigenvalue weighted by Crippen LogP contribution is 2.57. The van der Waals surface area contributed by atoms with Crippen LogP contribution in [0.4, 0.5) is 4.79 Å². The maximum atomic E-state index is 10.9. The number of carbonyl (C=O) groups is 1. The third-order valence-electron chi connectivity index (χ3n) is 1.00. The molecule has 0 atom stereocenters. The van der Waals surface area contributed by atoms with E-state index in [-0.39, 0.29) is 6.54 Å². The fraction of sp³-hybridized carbons (Fsp3) is 0.667. The molecule has 0 aliphatic rings. The number of carbonyl (C=O) groups excluding carboxylic acids is 1. The van der Waals surface area contributed by atoms with E-state index in [2.05, 4.69) is 0 Å². The molecule has 0 heterocycles. The molecular formula is C3H10N2O7P2. The van der Waals surface area contributed by atoms with Gasteiger partial charge in [-0.2, -0.15) is 0 Å². The highest BCUT2D eigenvalue weighted by Gasteiger charge is 2.43.